The van der Waals surface area contributed by atoms with Gasteiger partial charge in [0.15, 0.2) is 29.2 Å². The SMILES string of the molecule is C=CCOc1ccc(C(=O)NNC(=O)C(C)Oc2ccccc2F)cc1OC. The van der Waals surface area contributed by atoms with E-state index in [1.165, 1.54) is 44.4 Å². The van der Waals surface area contributed by atoms with Gasteiger partial charge >= 0.3 is 0 Å². The van der Waals surface area contributed by atoms with Gasteiger partial charge in [0.1, 0.15) is 6.61 Å². The lowest BCUT2D eigenvalue weighted by atomic mass is 10.2. The van der Waals surface area contributed by atoms with E-state index in [1.807, 2.05) is 0 Å². The van der Waals surface area contributed by atoms with Gasteiger partial charge in [0, 0.05) is 5.56 Å². The third-order valence-electron chi connectivity index (χ3n) is 3.59. The van der Waals surface area contributed by atoms with E-state index in [2.05, 4.69) is 17.4 Å². The van der Waals surface area contributed by atoms with E-state index in [4.69, 9.17) is 14.2 Å². The van der Waals surface area contributed by atoms with Crippen LogP contribution in [0.2, 0.25) is 0 Å². The first-order valence-corrected chi connectivity index (χ1v) is 8.39. The van der Waals surface area contributed by atoms with Crippen molar-refractivity contribution >= 4 is 11.8 Å². The lowest BCUT2D eigenvalue weighted by Gasteiger charge is -2.16. The van der Waals surface area contributed by atoms with Crippen molar-refractivity contribution in [2.24, 2.45) is 0 Å². The van der Waals surface area contributed by atoms with Crippen molar-refractivity contribution in [3.63, 3.8) is 0 Å². The number of ether oxygens (including phenoxy) is 3. The third-order valence-corrected chi connectivity index (χ3v) is 3.59. The van der Waals surface area contributed by atoms with Crippen molar-refractivity contribution in [1.82, 2.24) is 10.9 Å². The Bertz CT molecular complexity index is 856. The lowest BCUT2D eigenvalue weighted by Crippen LogP contribution is -2.47. The molecular weight excluding hydrogens is 367 g/mol. The highest BCUT2D eigenvalue weighted by Crippen LogP contribution is 2.28. The van der Waals surface area contributed by atoms with Crippen LogP contribution < -0.4 is 25.1 Å². The fourth-order valence-electron chi connectivity index (χ4n) is 2.15. The molecule has 2 aromatic rings. The number of methoxy groups -OCH3 is 1. The van der Waals surface area contributed by atoms with E-state index in [9.17, 15) is 14.0 Å². The van der Waals surface area contributed by atoms with Gasteiger partial charge in [-0.1, -0.05) is 24.8 Å². The van der Waals surface area contributed by atoms with Crippen LogP contribution in [0.15, 0.2) is 55.1 Å². The topological polar surface area (TPSA) is 85.9 Å². The Balaban J connectivity index is 1.94. The molecule has 0 saturated heterocycles. The van der Waals surface area contributed by atoms with Crippen molar-refractivity contribution in [3.05, 3.63) is 66.5 Å². The summed E-state index contributed by atoms with van der Waals surface area (Å²) >= 11 is 0. The first kappa shape index (κ1) is 20.8. The summed E-state index contributed by atoms with van der Waals surface area (Å²) in [5.74, 6) is -1.05. The largest absolute Gasteiger partial charge is 0.493 e. The quantitative estimate of drug-likeness (QED) is 0.536. The van der Waals surface area contributed by atoms with Gasteiger partial charge in [-0.25, -0.2) is 4.39 Å². The molecule has 0 saturated carbocycles. The second-order valence-electron chi connectivity index (χ2n) is 5.60. The number of rotatable bonds is 8. The smallest absolute Gasteiger partial charge is 0.279 e. The van der Waals surface area contributed by atoms with Crippen molar-refractivity contribution in [2.45, 2.75) is 13.0 Å². The number of benzene rings is 2. The first-order chi connectivity index (χ1) is 13.5. The average Bonchev–Trinajstić information content (AvgIpc) is 2.71. The third kappa shape index (κ3) is 5.47. The summed E-state index contributed by atoms with van der Waals surface area (Å²) in [6, 6.07) is 10.3. The van der Waals surface area contributed by atoms with Crippen LogP contribution in [0, 0.1) is 5.82 Å². The van der Waals surface area contributed by atoms with Crippen LogP contribution in [0.5, 0.6) is 17.2 Å². The molecule has 0 fully saturated rings. The van der Waals surface area contributed by atoms with Gasteiger partial charge in [-0.2, -0.15) is 0 Å². The zero-order valence-corrected chi connectivity index (χ0v) is 15.5. The molecule has 8 heteroatoms. The number of hydrogen-bond donors (Lipinski definition) is 2. The van der Waals surface area contributed by atoms with Crippen molar-refractivity contribution in [2.75, 3.05) is 13.7 Å². The van der Waals surface area contributed by atoms with Gasteiger partial charge in [0.05, 0.1) is 7.11 Å². The molecule has 0 aliphatic heterocycles. The van der Waals surface area contributed by atoms with E-state index < -0.39 is 23.7 Å². The Hall–Kier alpha value is -3.55. The molecule has 0 aromatic heterocycles. The summed E-state index contributed by atoms with van der Waals surface area (Å²) in [6.45, 7) is 5.28. The number of halogens is 1. The fraction of sp³-hybridized carbons (Fsp3) is 0.200. The molecule has 28 heavy (non-hydrogen) atoms. The zero-order chi connectivity index (χ0) is 20.5. The molecule has 0 aliphatic rings. The normalized spacial score (nSPS) is 11.1. The molecule has 0 heterocycles. The molecule has 0 bridgehead atoms. The fourth-order valence-corrected chi connectivity index (χ4v) is 2.15. The molecule has 2 N–H and O–H groups in total. The van der Waals surface area contributed by atoms with Crippen LogP contribution in [0.3, 0.4) is 0 Å². The van der Waals surface area contributed by atoms with Crippen LogP contribution in [0.4, 0.5) is 4.39 Å². The molecule has 7 nitrogen and oxygen atoms in total. The number of hydrogen-bond acceptors (Lipinski definition) is 5. The summed E-state index contributed by atoms with van der Waals surface area (Å²) in [7, 11) is 1.45. The van der Waals surface area contributed by atoms with E-state index in [0.29, 0.717) is 11.5 Å². The maximum Gasteiger partial charge on any atom is 0.279 e. The molecule has 1 unspecified atom stereocenters. The summed E-state index contributed by atoms with van der Waals surface area (Å²) in [5.41, 5.74) is 4.75. The second kappa shape index (κ2) is 9.96. The van der Waals surface area contributed by atoms with Crippen LogP contribution in [-0.2, 0) is 4.79 Å². The minimum atomic E-state index is -1.03. The van der Waals surface area contributed by atoms with E-state index in [1.54, 1.807) is 18.2 Å². The predicted molar refractivity (Wildman–Crippen MR) is 101 cm³/mol. The minimum absolute atomic E-state index is 0.0590. The zero-order valence-electron chi connectivity index (χ0n) is 15.5. The van der Waals surface area contributed by atoms with Gasteiger partial charge in [0.2, 0.25) is 0 Å². The van der Waals surface area contributed by atoms with Crippen LogP contribution in [0.25, 0.3) is 0 Å². The average molecular weight is 388 g/mol. The maximum absolute atomic E-state index is 13.6. The highest BCUT2D eigenvalue weighted by molar-refractivity contribution is 5.96. The molecule has 148 valence electrons. The maximum atomic E-state index is 13.6. The van der Waals surface area contributed by atoms with E-state index >= 15 is 0 Å². The summed E-state index contributed by atoms with van der Waals surface area (Å²) in [5, 5.41) is 0. The Morgan fingerprint density at radius 3 is 2.57 bits per heavy atom. The minimum Gasteiger partial charge on any atom is -0.493 e. The van der Waals surface area contributed by atoms with Crippen LogP contribution in [-0.4, -0.2) is 31.6 Å². The summed E-state index contributed by atoms with van der Waals surface area (Å²) in [4.78, 5) is 24.3. The van der Waals surface area contributed by atoms with Crippen molar-refractivity contribution in [3.8, 4) is 17.2 Å². The van der Waals surface area contributed by atoms with Crippen LogP contribution >= 0.6 is 0 Å². The van der Waals surface area contributed by atoms with Gasteiger partial charge in [-0.05, 0) is 37.3 Å². The number of amides is 2. The molecule has 2 rings (SSSR count). The Kier molecular flexibility index (Phi) is 7.38. The van der Waals surface area contributed by atoms with E-state index in [0.717, 1.165) is 0 Å². The first-order valence-electron chi connectivity index (χ1n) is 8.39. The highest BCUT2D eigenvalue weighted by Gasteiger charge is 2.18. The van der Waals surface area contributed by atoms with E-state index in [-0.39, 0.29) is 17.9 Å². The predicted octanol–water partition coefficient (Wildman–Crippen LogP) is 2.63. The number of carbonyl (C=O) groups excluding carboxylic acids is 2. The molecular formula is C20H21FN2O5. The van der Waals surface area contributed by atoms with Crippen molar-refractivity contribution in [1.29, 1.82) is 0 Å². The van der Waals surface area contributed by atoms with Gasteiger partial charge < -0.3 is 14.2 Å². The summed E-state index contributed by atoms with van der Waals surface area (Å²) in [6.07, 6.45) is 0.557. The van der Waals surface area contributed by atoms with Crippen LogP contribution in [0.1, 0.15) is 17.3 Å². The number of para-hydroxylation sites is 1. The molecule has 2 amide bonds. The van der Waals surface area contributed by atoms with Gasteiger partial charge in [-0.3, -0.25) is 20.4 Å². The molecule has 0 aliphatic carbocycles. The Labute approximate surface area is 162 Å². The monoisotopic (exact) mass is 388 g/mol. The number of carbonyl (C=O) groups is 2. The van der Waals surface area contributed by atoms with Crippen molar-refractivity contribution < 1.29 is 28.2 Å². The standard InChI is InChI=1S/C20H21FN2O5/c1-4-11-27-17-10-9-14(12-18(17)26-3)20(25)23-22-19(24)13(2)28-16-8-6-5-7-15(16)21/h4-10,12-13H,1,11H2,2-3H3,(H,22,24)(H,23,25). The Morgan fingerprint density at radius 2 is 1.89 bits per heavy atom. The van der Waals surface area contributed by atoms with Gasteiger partial charge in [0.25, 0.3) is 11.8 Å². The molecule has 2 aromatic carbocycles. The second-order valence-corrected chi connectivity index (χ2v) is 5.60. The molecule has 0 radical (unpaired) electrons. The summed E-state index contributed by atoms with van der Waals surface area (Å²) < 4.78 is 29.4. The number of nitrogens with one attached hydrogen (secondary N) is 2. The lowest BCUT2D eigenvalue weighted by molar-refractivity contribution is -0.128. The highest BCUT2D eigenvalue weighted by atomic mass is 19.1. The number of hydrazine groups is 1. The Morgan fingerprint density at radius 1 is 1.14 bits per heavy atom. The molecule has 0 spiro atoms. The molecule has 1 atom stereocenters. The van der Waals surface area contributed by atoms with Gasteiger partial charge in [-0.15, -0.1) is 0 Å².